The van der Waals surface area contributed by atoms with Crippen LogP contribution in [0, 0.1) is 37.5 Å². The largest absolute Gasteiger partial charge is 3.00 e. The standard InChI is InChI=1S/2C4H9.4C3H7.H2O.2Ti/c2*1-4(2)3;4*1-3-2;;;/h2*1-3H3;4*3H,1-2H3;1H2;;/q6*-1;;2*+3. The average molecular weight is 400 g/mol. The van der Waals surface area contributed by atoms with Crippen LogP contribution in [-0.2, 0) is 43.4 Å². The Kier molecular flexibility index (Phi) is 221. The molecular weight excluding hydrogens is 352 g/mol. The first-order valence-corrected chi connectivity index (χ1v) is 7.62. The third kappa shape index (κ3) is 5550. The van der Waals surface area contributed by atoms with Gasteiger partial charge in [0.25, 0.3) is 0 Å². The molecule has 0 aromatic rings. The van der Waals surface area contributed by atoms with Gasteiger partial charge in [-0.25, -0.2) is 0 Å². The summed E-state index contributed by atoms with van der Waals surface area (Å²) in [5.41, 5.74) is 0. The van der Waals surface area contributed by atoms with Crippen LogP contribution >= 0.6 is 0 Å². The molecule has 0 rings (SSSR count). The van der Waals surface area contributed by atoms with Crippen LogP contribution in [0.5, 0.6) is 0 Å². The van der Waals surface area contributed by atoms with Crippen LogP contribution in [-0.4, -0.2) is 5.48 Å². The van der Waals surface area contributed by atoms with E-state index in [-0.39, 0.29) is 48.9 Å². The molecule has 0 fully saturated rings. The van der Waals surface area contributed by atoms with E-state index in [4.69, 9.17) is 0 Å². The fraction of sp³-hybridized carbons (Fsp3) is 0.700. The van der Waals surface area contributed by atoms with Crippen molar-refractivity contribution in [1.29, 1.82) is 0 Å². The van der Waals surface area contributed by atoms with E-state index >= 15 is 0 Å². The number of rotatable bonds is 0. The maximum atomic E-state index is 2.08. The quantitative estimate of drug-likeness (QED) is 0.301. The minimum atomic E-state index is 0. The predicted octanol–water partition coefficient (Wildman–Crippen LogP) is 7.33. The summed E-state index contributed by atoms with van der Waals surface area (Å²) in [5, 5.41) is 0. The summed E-state index contributed by atoms with van der Waals surface area (Å²) in [6, 6.07) is 0. The zero-order chi connectivity index (χ0) is 18.0. The van der Waals surface area contributed by atoms with Gasteiger partial charge in [0.15, 0.2) is 0 Å². The molecule has 0 heterocycles. The molecule has 3 heteroatoms. The molecule has 0 aliphatic rings. The van der Waals surface area contributed by atoms with Crippen molar-refractivity contribution in [3.63, 3.8) is 0 Å². The van der Waals surface area contributed by atoms with Gasteiger partial charge in [0.1, 0.15) is 0 Å². The molecule has 0 aromatic heterocycles. The van der Waals surface area contributed by atoms with Crippen molar-refractivity contribution in [2.45, 2.75) is 96.9 Å². The summed E-state index contributed by atoms with van der Waals surface area (Å²) < 4.78 is 0. The maximum absolute atomic E-state index is 2.08. The minimum Gasteiger partial charge on any atom is -0.412 e. The Hall–Kier alpha value is 1.39. The van der Waals surface area contributed by atoms with Gasteiger partial charge in [-0.1, -0.05) is 0 Å². The Balaban J connectivity index is -0.0000000143. The van der Waals surface area contributed by atoms with Gasteiger partial charge in [0.05, 0.1) is 0 Å². The van der Waals surface area contributed by atoms with E-state index in [2.05, 4.69) is 41.5 Å². The molecule has 0 unspecified atom stereocenters. The molecule has 142 valence electrons. The van der Waals surface area contributed by atoms with Gasteiger partial charge >= 0.3 is 43.4 Å². The fourth-order valence-corrected chi connectivity index (χ4v) is 0. The van der Waals surface area contributed by atoms with Crippen molar-refractivity contribution >= 4 is 0 Å². The van der Waals surface area contributed by atoms with Crippen LogP contribution in [0.3, 0.4) is 0 Å². The van der Waals surface area contributed by atoms with Gasteiger partial charge in [-0.3, -0.25) is 0 Å². The van der Waals surface area contributed by atoms with Crippen LogP contribution in [0.25, 0.3) is 0 Å². The van der Waals surface area contributed by atoms with Crippen molar-refractivity contribution in [1.82, 2.24) is 0 Å². The van der Waals surface area contributed by atoms with Gasteiger partial charge < -0.3 is 43.0 Å². The number of hydrogen-bond acceptors (Lipinski definition) is 0. The van der Waals surface area contributed by atoms with E-state index in [0.29, 0.717) is 0 Å². The Morgan fingerprint density at radius 1 is 0.391 bits per heavy atom. The molecule has 0 bridgehead atoms. The first kappa shape index (κ1) is 56.3. The van der Waals surface area contributed by atoms with Crippen LogP contribution in [0.2, 0.25) is 0 Å². The molecule has 0 atom stereocenters. The molecule has 0 aliphatic heterocycles. The summed E-state index contributed by atoms with van der Waals surface area (Å²) >= 11 is 0. The zero-order valence-electron chi connectivity index (χ0n) is 18.8. The molecule has 0 amide bonds. The normalized spacial score (nSPS) is 6.26. The van der Waals surface area contributed by atoms with E-state index in [9.17, 15) is 0 Å². The third-order valence-electron chi connectivity index (χ3n) is 0. The molecule has 0 saturated heterocycles. The number of hydrogen-bond donors (Lipinski definition) is 0. The van der Waals surface area contributed by atoms with Crippen LogP contribution in [0.4, 0.5) is 0 Å². The molecule has 0 saturated carbocycles. The Morgan fingerprint density at radius 2 is 0.391 bits per heavy atom. The molecule has 1 nitrogen and oxygen atoms in total. The van der Waals surface area contributed by atoms with Crippen molar-refractivity contribution in [2.24, 2.45) is 0 Å². The second-order valence-electron chi connectivity index (χ2n) is 5.31. The summed E-state index contributed by atoms with van der Waals surface area (Å²) in [5.74, 6) is 2.83. The summed E-state index contributed by atoms with van der Waals surface area (Å²) in [7, 11) is 0. The van der Waals surface area contributed by atoms with Gasteiger partial charge in [-0.15, -0.1) is 0 Å². The second-order valence-corrected chi connectivity index (χ2v) is 5.31. The molecule has 2 radical (unpaired) electrons. The van der Waals surface area contributed by atoms with Crippen LogP contribution < -0.4 is 0 Å². The topological polar surface area (TPSA) is 31.5 Å². The molecule has 0 aromatic carbocycles. The van der Waals surface area contributed by atoms with Gasteiger partial charge in [0, 0.05) is 0 Å². The first-order chi connectivity index (χ1) is 9.12. The van der Waals surface area contributed by atoms with Crippen molar-refractivity contribution in [3.8, 4) is 0 Å². The molecular formula is C20H48OTi2. The molecule has 0 aliphatic carbocycles. The first-order valence-electron chi connectivity index (χ1n) is 7.62. The van der Waals surface area contributed by atoms with Crippen molar-refractivity contribution in [3.05, 3.63) is 37.5 Å². The van der Waals surface area contributed by atoms with Crippen molar-refractivity contribution in [2.75, 3.05) is 0 Å². The van der Waals surface area contributed by atoms with Gasteiger partial charge in [-0.05, 0) is 0 Å². The van der Waals surface area contributed by atoms with Crippen LogP contribution in [0.1, 0.15) is 96.9 Å². The van der Waals surface area contributed by atoms with E-state index < -0.39 is 0 Å². The Bertz CT molecular complexity index is 58.5. The summed E-state index contributed by atoms with van der Waals surface area (Å²) in [6.07, 6.45) is 8.00. The maximum Gasteiger partial charge on any atom is 3.00 e. The molecule has 2 N–H and O–H groups in total. The SMILES string of the molecule is C[C-](C)C.C[C-](C)C.C[CH-]C.C[CH-]C.C[CH-]C.C[CH-]C.O.[Ti+3].[Ti+3]. The molecule has 0 spiro atoms. The predicted molar refractivity (Wildman–Crippen MR) is 107 cm³/mol. The smallest absolute Gasteiger partial charge is 0.412 e. The van der Waals surface area contributed by atoms with E-state index in [0.717, 1.165) is 0 Å². The Morgan fingerprint density at radius 3 is 0.391 bits per heavy atom. The zero-order valence-corrected chi connectivity index (χ0v) is 21.9. The average Bonchev–Trinajstić information content (AvgIpc) is 2.18. The summed E-state index contributed by atoms with van der Waals surface area (Å²) in [6.45, 7) is 28.5. The fourth-order valence-electron chi connectivity index (χ4n) is 0. The van der Waals surface area contributed by atoms with Gasteiger partial charge in [0.2, 0.25) is 0 Å². The van der Waals surface area contributed by atoms with E-state index in [1.807, 2.05) is 81.1 Å². The summed E-state index contributed by atoms with van der Waals surface area (Å²) in [4.78, 5) is 0. The minimum absolute atomic E-state index is 0. The van der Waals surface area contributed by atoms with Crippen molar-refractivity contribution < 1.29 is 48.9 Å². The Labute approximate surface area is 182 Å². The van der Waals surface area contributed by atoms with E-state index in [1.54, 1.807) is 0 Å². The third-order valence-corrected chi connectivity index (χ3v) is 0. The van der Waals surface area contributed by atoms with Gasteiger partial charge in [-0.2, -0.15) is 96.9 Å². The van der Waals surface area contributed by atoms with Crippen LogP contribution in [0.15, 0.2) is 0 Å². The second kappa shape index (κ2) is 90.4. The monoisotopic (exact) mass is 400 g/mol. The molecule has 23 heavy (non-hydrogen) atoms. The van der Waals surface area contributed by atoms with E-state index in [1.165, 1.54) is 11.8 Å².